The van der Waals surface area contributed by atoms with E-state index in [0.29, 0.717) is 38.5 Å². The third-order valence-electron chi connectivity index (χ3n) is 13.8. The van der Waals surface area contributed by atoms with Gasteiger partial charge < -0.3 is 50.0 Å². The van der Waals surface area contributed by atoms with E-state index in [1.807, 2.05) is 46.8 Å². The second-order valence-electron chi connectivity index (χ2n) is 16.5. The fourth-order valence-electron chi connectivity index (χ4n) is 11.4. The summed E-state index contributed by atoms with van der Waals surface area (Å²) >= 11 is 0. The van der Waals surface area contributed by atoms with Crippen LogP contribution in [0.5, 0.6) is 0 Å². The molecule has 15 heteroatoms. The van der Waals surface area contributed by atoms with Gasteiger partial charge in [-0.25, -0.2) is 4.18 Å². The van der Waals surface area contributed by atoms with Gasteiger partial charge in [0.2, 0.25) is 0 Å². The zero-order chi connectivity index (χ0) is 37.1. The van der Waals surface area contributed by atoms with Crippen LogP contribution in [0.1, 0.15) is 73.1 Å². The van der Waals surface area contributed by atoms with E-state index in [4.69, 9.17) is 18.4 Å². The lowest BCUT2D eigenvalue weighted by atomic mass is 9.41. The molecule has 4 aliphatic carbocycles. The summed E-state index contributed by atoms with van der Waals surface area (Å²) in [6.07, 6.45) is -3.63. The Hall–Kier alpha value is -0.790. The van der Waals surface area contributed by atoms with Crippen molar-refractivity contribution in [1.29, 1.82) is 0 Å². The monoisotopic (exact) mass is 736 g/mol. The van der Waals surface area contributed by atoms with Gasteiger partial charge in [-0.3, -0.25) is 4.55 Å². The molecule has 0 radical (unpaired) electrons. The average Bonchev–Trinajstić information content (AvgIpc) is 3.25. The van der Waals surface area contributed by atoms with E-state index in [0.717, 1.165) is 0 Å². The molecule has 4 saturated carbocycles. The SMILES string of the molecule is CC[C@H](/C=C/[C@@H](C)[C@H]1[C@@H](O)[C@@H](O)[C@H]2[C@]1(C)CC[C@@H]1[C@@]3(C)CC[C@H](O)C[C@@H]3[C@@H](O)[C@@H](O)[C@]12O)[C@H](C)CO[C@@H]1OC[C@@H](O)[C@@H](OC)[C@H]1OS(=O)(=O)O. The van der Waals surface area contributed by atoms with Crippen LogP contribution >= 0.6 is 0 Å². The van der Waals surface area contributed by atoms with E-state index in [1.165, 1.54) is 7.11 Å². The van der Waals surface area contributed by atoms with Gasteiger partial charge in [0.25, 0.3) is 0 Å². The summed E-state index contributed by atoms with van der Waals surface area (Å²) in [5.74, 6) is -2.60. The molecule has 1 aliphatic heterocycles. The zero-order valence-electron chi connectivity index (χ0n) is 30.0. The maximum absolute atomic E-state index is 12.6. The number of hydrogen-bond donors (Lipinski definition) is 8. The number of rotatable bonds is 11. The number of methoxy groups -OCH3 is 1. The van der Waals surface area contributed by atoms with Crippen molar-refractivity contribution in [2.24, 2.45) is 52.3 Å². The second kappa shape index (κ2) is 14.8. The molecule has 0 amide bonds. The Balaban J connectivity index is 1.31. The predicted molar refractivity (Wildman–Crippen MR) is 178 cm³/mol. The van der Waals surface area contributed by atoms with E-state index in [9.17, 15) is 48.7 Å². The average molecular weight is 737 g/mol. The molecule has 0 aromatic rings. The number of aliphatic hydroxyl groups is 7. The molecule has 14 nitrogen and oxygen atoms in total. The Morgan fingerprint density at radius 2 is 1.60 bits per heavy atom. The molecule has 0 aromatic carbocycles. The topological polar surface area (TPSA) is 233 Å². The van der Waals surface area contributed by atoms with Crippen molar-refractivity contribution in [3.05, 3.63) is 12.2 Å². The van der Waals surface area contributed by atoms with Crippen molar-refractivity contribution >= 4 is 10.4 Å². The summed E-state index contributed by atoms with van der Waals surface area (Å²) in [5.41, 5.74) is -3.17. The minimum atomic E-state index is -4.91. The maximum Gasteiger partial charge on any atom is 0.397 e. The Kier molecular flexibility index (Phi) is 12.0. The summed E-state index contributed by atoms with van der Waals surface area (Å²) in [6.45, 7) is 9.82. The normalized spacial score (nSPS) is 49.9. The van der Waals surface area contributed by atoms with Gasteiger partial charge in [0, 0.05) is 13.0 Å². The lowest BCUT2D eigenvalue weighted by Crippen LogP contribution is -2.75. The van der Waals surface area contributed by atoms with Crippen molar-refractivity contribution in [1.82, 2.24) is 0 Å². The van der Waals surface area contributed by atoms with Crippen LogP contribution in [0.25, 0.3) is 0 Å². The smallest absolute Gasteiger partial charge is 0.393 e. The number of aliphatic hydroxyl groups excluding tert-OH is 6. The van der Waals surface area contributed by atoms with E-state index in [2.05, 4.69) is 0 Å². The molecule has 0 aromatic heterocycles. The molecule has 0 spiro atoms. The van der Waals surface area contributed by atoms with Gasteiger partial charge in [-0.15, -0.1) is 0 Å². The first-order valence-electron chi connectivity index (χ1n) is 18.2. The van der Waals surface area contributed by atoms with Crippen LogP contribution in [0.15, 0.2) is 12.2 Å². The number of allylic oxidation sites excluding steroid dienone is 2. The van der Waals surface area contributed by atoms with Crippen LogP contribution in [-0.4, -0.2) is 130 Å². The minimum Gasteiger partial charge on any atom is -0.393 e. The van der Waals surface area contributed by atoms with Crippen LogP contribution in [-0.2, 0) is 28.8 Å². The summed E-state index contributed by atoms with van der Waals surface area (Å²) < 4.78 is 53.7. The first-order valence-corrected chi connectivity index (χ1v) is 19.5. The third-order valence-corrected chi connectivity index (χ3v) is 14.3. The summed E-state index contributed by atoms with van der Waals surface area (Å²) in [6, 6.07) is 0. The van der Waals surface area contributed by atoms with Crippen molar-refractivity contribution < 1.29 is 67.1 Å². The van der Waals surface area contributed by atoms with Gasteiger partial charge in [-0.1, -0.05) is 46.8 Å². The molecule has 0 bridgehead atoms. The molecule has 5 aliphatic rings. The van der Waals surface area contributed by atoms with Gasteiger partial charge in [-0.05, 0) is 84.9 Å². The van der Waals surface area contributed by atoms with Gasteiger partial charge in [0.05, 0.1) is 37.6 Å². The molecule has 8 N–H and O–H groups in total. The van der Waals surface area contributed by atoms with Crippen LogP contribution in [0.2, 0.25) is 0 Å². The van der Waals surface area contributed by atoms with E-state index >= 15 is 0 Å². The number of hydrogen-bond acceptors (Lipinski definition) is 13. The summed E-state index contributed by atoms with van der Waals surface area (Å²) in [4.78, 5) is 0. The highest BCUT2D eigenvalue weighted by atomic mass is 32.3. The Morgan fingerprint density at radius 3 is 2.22 bits per heavy atom. The Labute approximate surface area is 295 Å². The van der Waals surface area contributed by atoms with Gasteiger partial charge in [0.15, 0.2) is 12.4 Å². The molecule has 290 valence electrons. The largest absolute Gasteiger partial charge is 0.397 e. The van der Waals surface area contributed by atoms with Crippen LogP contribution in [0.3, 0.4) is 0 Å². The molecule has 1 saturated heterocycles. The van der Waals surface area contributed by atoms with E-state index < -0.39 is 106 Å². The highest BCUT2D eigenvalue weighted by molar-refractivity contribution is 7.80. The van der Waals surface area contributed by atoms with E-state index in [-0.39, 0.29) is 31.0 Å². The van der Waals surface area contributed by atoms with Crippen molar-refractivity contribution in [3.8, 4) is 0 Å². The number of ether oxygens (including phenoxy) is 3. The fraction of sp³-hybridized carbons (Fsp3) is 0.943. The molecule has 50 heavy (non-hydrogen) atoms. The zero-order valence-corrected chi connectivity index (χ0v) is 30.8. The lowest BCUT2D eigenvalue weighted by Gasteiger charge is -2.67. The summed E-state index contributed by atoms with van der Waals surface area (Å²) in [7, 11) is -3.64. The quantitative estimate of drug-likeness (QED) is 0.108. The predicted octanol–water partition coefficient (Wildman–Crippen LogP) is 0.796. The van der Waals surface area contributed by atoms with E-state index in [1.54, 1.807) is 0 Å². The molecule has 1 heterocycles. The first-order chi connectivity index (χ1) is 23.3. The van der Waals surface area contributed by atoms with Crippen molar-refractivity contribution in [2.45, 2.75) is 134 Å². The van der Waals surface area contributed by atoms with Crippen LogP contribution < -0.4 is 0 Å². The van der Waals surface area contributed by atoms with Crippen molar-refractivity contribution in [2.75, 3.05) is 20.3 Å². The van der Waals surface area contributed by atoms with Gasteiger partial charge in [-0.2, -0.15) is 8.42 Å². The standard InChI is InChI=1S/C35H60O14S/c1-7-19(18(3)15-47-32-29(49-50(43,44)45)28(46-6)22(37)16-48-32)9-8-17(2)24-26(39)27(40)30-34(24,5)13-11-23-33(4)12-10-20(36)14-21(33)25(38)31(41)35(23,30)42/h8-9,17-32,36-42H,7,10-16H2,1-6H3,(H,43,44,45)/b9-8+/t17-,18-,19-,20+,21-,22-,23-,24+,25-,26-,27-,28-,29-,30+,31-,32-,33+,34-,35+/m1/s1. The fourth-order valence-corrected chi connectivity index (χ4v) is 11.8. The highest BCUT2D eigenvalue weighted by Gasteiger charge is 2.75. The van der Waals surface area contributed by atoms with Crippen LogP contribution in [0.4, 0.5) is 0 Å². The molecular weight excluding hydrogens is 676 g/mol. The van der Waals surface area contributed by atoms with Crippen LogP contribution in [0, 0.1) is 52.3 Å². The first kappa shape index (κ1) is 40.4. The molecule has 5 fully saturated rings. The Bertz CT molecular complexity index is 1320. The maximum atomic E-state index is 12.6. The second-order valence-corrected chi connectivity index (χ2v) is 17.6. The van der Waals surface area contributed by atoms with Crippen molar-refractivity contribution in [3.63, 3.8) is 0 Å². The minimum absolute atomic E-state index is 0.0355. The summed E-state index contributed by atoms with van der Waals surface area (Å²) in [5, 5.41) is 79.5. The lowest BCUT2D eigenvalue weighted by molar-refractivity contribution is -0.309. The highest BCUT2D eigenvalue weighted by Crippen LogP contribution is 2.69. The third kappa shape index (κ3) is 6.86. The number of fused-ring (bicyclic) bond motifs is 5. The Morgan fingerprint density at radius 1 is 0.940 bits per heavy atom. The molecular formula is C35H60O14S. The van der Waals surface area contributed by atoms with Gasteiger partial charge >= 0.3 is 10.4 Å². The molecule has 0 unspecified atom stereocenters. The van der Waals surface area contributed by atoms with Gasteiger partial charge in [0.1, 0.15) is 23.9 Å². The molecule has 19 atom stereocenters. The molecule has 5 rings (SSSR count).